The van der Waals surface area contributed by atoms with E-state index in [9.17, 15) is 14.0 Å². The van der Waals surface area contributed by atoms with Crippen LogP contribution < -0.4 is 10.6 Å². The van der Waals surface area contributed by atoms with Gasteiger partial charge in [0.2, 0.25) is 5.91 Å². The SMILES string of the molecule is O=C(NCc1ccc(F)cc1)C1CCN(C(=O)C2CNCCO2)CC1. The maximum Gasteiger partial charge on any atom is 0.253 e. The number of amides is 2. The van der Waals surface area contributed by atoms with Gasteiger partial charge in [-0.3, -0.25) is 9.59 Å². The van der Waals surface area contributed by atoms with Crippen molar-refractivity contribution in [2.24, 2.45) is 5.92 Å². The molecule has 2 saturated heterocycles. The average Bonchev–Trinajstić information content (AvgIpc) is 2.67. The maximum atomic E-state index is 12.9. The monoisotopic (exact) mass is 349 g/mol. The highest BCUT2D eigenvalue weighted by Crippen LogP contribution is 2.19. The lowest BCUT2D eigenvalue weighted by molar-refractivity contribution is -0.147. The van der Waals surface area contributed by atoms with Gasteiger partial charge in [0.1, 0.15) is 11.9 Å². The van der Waals surface area contributed by atoms with Crippen molar-refractivity contribution in [3.8, 4) is 0 Å². The predicted molar refractivity (Wildman–Crippen MR) is 90.2 cm³/mol. The van der Waals surface area contributed by atoms with Crippen molar-refractivity contribution in [1.82, 2.24) is 15.5 Å². The highest BCUT2D eigenvalue weighted by molar-refractivity contribution is 5.82. The molecule has 2 heterocycles. The molecule has 2 aliphatic rings. The molecule has 2 fully saturated rings. The molecule has 0 bridgehead atoms. The lowest BCUT2D eigenvalue weighted by atomic mass is 9.95. The third-order valence-corrected chi connectivity index (χ3v) is 4.76. The largest absolute Gasteiger partial charge is 0.366 e. The minimum atomic E-state index is -0.405. The first-order valence-electron chi connectivity index (χ1n) is 8.77. The highest BCUT2D eigenvalue weighted by Gasteiger charge is 2.31. The molecule has 1 aromatic rings. The number of benzene rings is 1. The molecule has 7 heteroatoms. The number of halogens is 1. The number of morpholine rings is 1. The Kier molecular flexibility index (Phi) is 5.99. The van der Waals surface area contributed by atoms with Gasteiger partial charge in [-0.2, -0.15) is 0 Å². The summed E-state index contributed by atoms with van der Waals surface area (Å²) in [6.07, 6.45) is 0.903. The van der Waals surface area contributed by atoms with Crippen LogP contribution in [-0.2, 0) is 20.9 Å². The van der Waals surface area contributed by atoms with Gasteiger partial charge >= 0.3 is 0 Å². The van der Waals surface area contributed by atoms with Crippen LogP contribution in [0, 0.1) is 11.7 Å². The van der Waals surface area contributed by atoms with Gasteiger partial charge in [-0.05, 0) is 30.5 Å². The zero-order valence-corrected chi connectivity index (χ0v) is 14.2. The Morgan fingerprint density at radius 3 is 2.60 bits per heavy atom. The van der Waals surface area contributed by atoms with Crippen LogP contribution in [0.4, 0.5) is 4.39 Å². The lowest BCUT2D eigenvalue weighted by Gasteiger charge is -2.34. The van der Waals surface area contributed by atoms with Crippen molar-refractivity contribution < 1.29 is 18.7 Å². The number of carbonyl (C=O) groups is 2. The number of ether oxygens (including phenoxy) is 1. The van der Waals surface area contributed by atoms with E-state index in [4.69, 9.17) is 4.74 Å². The van der Waals surface area contributed by atoms with Crippen LogP contribution in [0.15, 0.2) is 24.3 Å². The summed E-state index contributed by atoms with van der Waals surface area (Å²) < 4.78 is 18.4. The van der Waals surface area contributed by atoms with Gasteiger partial charge < -0.3 is 20.3 Å². The van der Waals surface area contributed by atoms with Gasteiger partial charge in [-0.1, -0.05) is 12.1 Å². The average molecular weight is 349 g/mol. The molecule has 2 N–H and O–H groups in total. The van der Waals surface area contributed by atoms with Crippen LogP contribution in [0.2, 0.25) is 0 Å². The van der Waals surface area contributed by atoms with E-state index in [-0.39, 0.29) is 23.5 Å². The number of nitrogens with one attached hydrogen (secondary N) is 2. The molecule has 25 heavy (non-hydrogen) atoms. The van der Waals surface area contributed by atoms with Crippen molar-refractivity contribution in [1.29, 1.82) is 0 Å². The summed E-state index contributed by atoms with van der Waals surface area (Å²) in [4.78, 5) is 26.5. The number of likely N-dealkylation sites (tertiary alicyclic amines) is 1. The molecule has 6 nitrogen and oxygen atoms in total. The van der Waals surface area contributed by atoms with Gasteiger partial charge in [-0.15, -0.1) is 0 Å². The number of carbonyl (C=O) groups excluding carboxylic acids is 2. The highest BCUT2D eigenvalue weighted by atomic mass is 19.1. The molecular weight excluding hydrogens is 325 g/mol. The quantitative estimate of drug-likeness (QED) is 0.838. The van der Waals surface area contributed by atoms with Gasteiger partial charge in [0.15, 0.2) is 0 Å². The van der Waals surface area contributed by atoms with Gasteiger partial charge in [0, 0.05) is 38.6 Å². The van der Waals surface area contributed by atoms with Crippen LogP contribution in [-0.4, -0.2) is 55.6 Å². The molecule has 1 aromatic carbocycles. The second-order valence-corrected chi connectivity index (χ2v) is 6.51. The Morgan fingerprint density at radius 2 is 1.96 bits per heavy atom. The first kappa shape index (κ1) is 17.8. The smallest absolute Gasteiger partial charge is 0.253 e. The molecule has 0 spiro atoms. The Balaban J connectivity index is 1.42. The first-order chi connectivity index (χ1) is 12.1. The van der Waals surface area contributed by atoms with Gasteiger partial charge in [0.25, 0.3) is 5.91 Å². The Morgan fingerprint density at radius 1 is 1.24 bits per heavy atom. The summed E-state index contributed by atoms with van der Waals surface area (Å²) >= 11 is 0. The van der Waals surface area contributed by atoms with Crippen molar-refractivity contribution >= 4 is 11.8 Å². The van der Waals surface area contributed by atoms with Gasteiger partial charge in [-0.25, -0.2) is 4.39 Å². The van der Waals surface area contributed by atoms with Crippen LogP contribution in [0.25, 0.3) is 0 Å². The van der Waals surface area contributed by atoms with E-state index in [0.29, 0.717) is 45.6 Å². The lowest BCUT2D eigenvalue weighted by Crippen LogP contribution is -2.52. The fraction of sp³-hybridized carbons (Fsp3) is 0.556. The summed E-state index contributed by atoms with van der Waals surface area (Å²) in [6.45, 7) is 3.43. The van der Waals surface area contributed by atoms with Crippen LogP contribution >= 0.6 is 0 Å². The summed E-state index contributed by atoms with van der Waals surface area (Å²) in [5.41, 5.74) is 0.865. The van der Waals surface area contributed by atoms with Crippen LogP contribution in [0.1, 0.15) is 18.4 Å². The van der Waals surface area contributed by atoms with Crippen molar-refractivity contribution in [3.05, 3.63) is 35.6 Å². The first-order valence-corrected chi connectivity index (χ1v) is 8.77. The van der Waals surface area contributed by atoms with Crippen molar-refractivity contribution in [3.63, 3.8) is 0 Å². The van der Waals surface area contributed by atoms with E-state index in [1.807, 2.05) is 0 Å². The molecule has 0 radical (unpaired) electrons. The molecule has 0 aliphatic carbocycles. The molecule has 2 aliphatic heterocycles. The van der Waals surface area contributed by atoms with Crippen molar-refractivity contribution in [2.75, 3.05) is 32.8 Å². The molecule has 3 rings (SSSR count). The summed E-state index contributed by atoms with van der Waals surface area (Å²) in [5, 5.41) is 6.05. The number of piperidine rings is 1. The van der Waals surface area contributed by atoms with E-state index >= 15 is 0 Å². The summed E-state index contributed by atoms with van der Waals surface area (Å²) in [6, 6.07) is 6.09. The standard InChI is InChI=1S/C18H24FN3O3/c19-15-3-1-13(2-4-15)11-21-17(23)14-5-8-22(9-6-14)18(24)16-12-20-7-10-25-16/h1-4,14,16,20H,5-12H2,(H,21,23). The van der Waals surface area contributed by atoms with Crippen LogP contribution in [0.5, 0.6) is 0 Å². The van der Waals surface area contributed by atoms with Crippen LogP contribution in [0.3, 0.4) is 0 Å². The molecular formula is C18H24FN3O3. The second-order valence-electron chi connectivity index (χ2n) is 6.51. The molecule has 136 valence electrons. The normalized spacial score (nSPS) is 21.8. The minimum Gasteiger partial charge on any atom is -0.366 e. The second kappa shape index (κ2) is 8.40. The number of rotatable bonds is 4. The Hall–Kier alpha value is -1.99. The number of hydrogen-bond acceptors (Lipinski definition) is 4. The predicted octanol–water partition coefficient (Wildman–Crippen LogP) is 0.669. The van der Waals surface area contributed by atoms with Gasteiger partial charge in [0.05, 0.1) is 6.61 Å². The fourth-order valence-electron chi connectivity index (χ4n) is 3.23. The van der Waals surface area contributed by atoms with E-state index in [2.05, 4.69) is 10.6 Å². The zero-order valence-electron chi connectivity index (χ0n) is 14.2. The van der Waals surface area contributed by atoms with Crippen molar-refractivity contribution in [2.45, 2.75) is 25.5 Å². The van der Waals surface area contributed by atoms with E-state index in [1.54, 1.807) is 17.0 Å². The Labute approximate surface area is 146 Å². The molecule has 2 amide bonds. The third-order valence-electron chi connectivity index (χ3n) is 4.76. The maximum absolute atomic E-state index is 12.9. The molecule has 0 saturated carbocycles. The minimum absolute atomic E-state index is 0.00740. The fourth-order valence-corrected chi connectivity index (χ4v) is 3.23. The Bertz CT molecular complexity index is 594. The zero-order chi connectivity index (χ0) is 17.6. The summed E-state index contributed by atoms with van der Waals surface area (Å²) in [7, 11) is 0. The molecule has 1 unspecified atom stereocenters. The molecule has 1 atom stereocenters. The number of hydrogen-bond donors (Lipinski definition) is 2. The third kappa shape index (κ3) is 4.76. The van der Waals surface area contributed by atoms with E-state index in [0.717, 1.165) is 12.1 Å². The molecule has 0 aromatic heterocycles. The summed E-state index contributed by atoms with van der Waals surface area (Å²) in [5.74, 6) is -0.372. The van der Waals surface area contributed by atoms with E-state index < -0.39 is 6.10 Å². The number of nitrogens with zero attached hydrogens (tertiary/aromatic N) is 1. The van der Waals surface area contributed by atoms with E-state index in [1.165, 1.54) is 12.1 Å². The topological polar surface area (TPSA) is 70.7 Å².